The van der Waals surface area contributed by atoms with Crippen molar-refractivity contribution in [1.29, 1.82) is 0 Å². The number of hydrogen-bond acceptors (Lipinski definition) is 2. The van der Waals surface area contributed by atoms with Crippen molar-refractivity contribution in [2.45, 2.75) is 38.6 Å². The van der Waals surface area contributed by atoms with E-state index < -0.39 is 0 Å². The molecule has 1 saturated carbocycles. The van der Waals surface area contributed by atoms with E-state index in [1.165, 1.54) is 19.4 Å². The van der Waals surface area contributed by atoms with E-state index >= 15 is 0 Å². The molecule has 1 aliphatic carbocycles. The Labute approximate surface area is 133 Å². The van der Waals surface area contributed by atoms with E-state index in [1.807, 2.05) is 35.6 Å². The van der Waals surface area contributed by atoms with Gasteiger partial charge in [-0.15, -0.1) is 12.4 Å². The Morgan fingerprint density at radius 1 is 1.24 bits per heavy atom. The molecule has 1 saturated heterocycles. The van der Waals surface area contributed by atoms with E-state index in [0.29, 0.717) is 6.04 Å². The van der Waals surface area contributed by atoms with Crippen LogP contribution in [0.4, 0.5) is 0 Å². The van der Waals surface area contributed by atoms with Crippen molar-refractivity contribution in [3.8, 4) is 0 Å². The van der Waals surface area contributed by atoms with Gasteiger partial charge in [-0.25, -0.2) is 0 Å². The fourth-order valence-corrected chi connectivity index (χ4v) is 2.93. The zero-order valence-electron chi connectivity index (χ0n) is 13.0. The predicted molar refractivity (Wildman–Crippen MR) is 87.1 cm³/mol. The Balaban J connectivity index is 0.00000161. The average Bonchev–Trinajstić information content (AvgIpc) is 3.24. The number of amides is 1. The molecule has 2 heterocycles. The Morgan fingerprint density at radius 3 is 2.43 bits per heavy atom. The summed E-state index contributed by atoms with van der Waals surface area (Å²) in [6, 6.07) is 4.56. The van der Waals surface area contributed by atoms with Crippen LogP contribution in [0.2, 0.25) is 0 Å². The number of aromatic nitrogens is 1. The van der Waals surface area contributed by atoms with Gasteiger partial charge in [0, 0.05) is 31.9 Å². The minimum absolute atomic E-state index is 0. The quantitative estimate of drug-likeness (QED) is 0.927. The molecular formula is C16H26ClN3O. The third kappa shape index (κ3) is 3.80. The van der Waals surface area contributed by atoms with Gasteiger partial charge < -0.3 is 14.8 Å². The number of piperidine rings is 1. The molecule has 2 fully saturated rings. The highest BCUT2D eigenvalue weighted by Gasteiger charge is 2.27. The van der Waals surface area contributed by atoms with Gasteiger partial charge in [0.2, 0.25) is 0 Å². The van der Waals surface area contributed by atoms with Crippen LogP contribution in [0.25, 0.3) is 0 Å². The molecule has 5 heteroatoms. The molecule has 118 valence electrons. The number of rotatable bonds is 4. The fraction of sp³-hybridized carbons (Fsp3) is 0.688. The largest absolute Gasteiger partial charge is 0.344 e. The maximum absolute atomic E-state index is 12.5. The lowest BCUT2D eigenvalue weighted by atomic mass is 10.0. The number of carbonyl (C=O) groups is 1. The molecule has 0 unspecified atom stereocenters. The first-order chi connectivity index (χ1) is 9.65. The first-order valence-corrected chi connectivity index (χ1v) is 7.80. The third-order valence-electron chi connectivity index (χ3n) is 4.77. The normalized spacial score (nSPS) is 19.4. The number of halogens is 1. The molecule has 21 heavy (non-hydrogen) atoms. The standard InChI is InChI=1S/C16H25N3O.ClH/c1-12-3-6-15(18(12)2)16(20)19-9-7-14(8-10-19)17-11-13-4-5-13;/h3,6,13-14,17H,4-5,7-11H2,1-2H3;1H. The highest BCUT2D eigenvalue weighted by molar-refractivity contribution is 5.93. The number of aryl methyl sites for hydroxylation is 1. The SMILES string of the molecule is Cc1ccc(C(=O)N2CCC(NCC3CC3)CC2)n1C.Cl. The molecule has 2 aliphatic rings. The molecule has 4 nitrogen and oxygen atoms in total. The summed E-state index contributed by atoms with van der Waals surface area (Å²) in [7, 11) is 1.96. The van der Waals surface area contributed by atoms with Gasteiger partial charge in [-0.05, 0) is 57.2 Å². The maximum atomic E-state index is 12.5. The van der Waals surface area contributed by atoms with Crippen LogP contribution in [-0.4, -0.2) is 41.1 Å². The van der Waals surface area contributed by atoms with E-state index in [-0.39, 0.29) is 18.3 Å². The van der Waals surface area contributed by atoms with E-state index in [2.05, 4.69) is 5.32 Å². The molecule has 1 amide bonds. The van der Waals surface area contributed by atoms with Gasteiger partial charge in [-0.2, -0.15) is 0 Å². The van der Waals surface area contributed by atoms with Gasteiger partial charge in [0.1, 0.15) is 5.69 Å². The average molecular weight is 312 g/mol. The highest BCUT2D eigenvalue weighted by atomic mass is 35.5. The van der Waals surface area contributed by atoms with E-state index in [1.54, 1.807) is 0 Å². The Morgan fingerprint density at radius 2 is 1.90 bits per heavy atom. The Bertz CT molecular complexity index is 488. The lowest BCUT2D eigenvalue weighted by Crippen LogP contribution is -2.45. The molecule has 1 N–H and O–H groups in total. The van der Waals surface area contributed by atoms with E-state index in [0.717, 1.165) is 43.2 Å². The molecule has 0 spiro atoms. The van der Waals surface area contributed by atoms with Crippen molar-refractivity contribution < 1.29 is 4.79 Å². The smallest absolute Gasteiger partial charge is 0.270 e. The van der Waals surface area contributed by atoms with Crippen molar-refractivity contribution in [3.05, 3.63) is 23.5 Å². The van der Waals surface area contributed by atoms with Gasteiger partial charge in [0.15, 0.2) is 0 Å². The summed E-state index contributed by atoms with van der Waals surface area (Å²) in [5, 5.41) is 3.66. The zero-order chi connectivity index (χ0) is 14.1. The molecule has 0 atom stereocenters. The van der Waals surface area contributed by atoms with Crippen molar-refractivity contribution in [2.75, 3.05) is 19.6 Å². The highest BCUT2D eigenvalue weighted by Crippen LogP contribution is 2.28. The van der Waals surface area contributed by atoms with Gasteiger partial charge in [0.25, 0.3) is 5.91 Å². The number of nitrogens with one attached hydrogen (secondary N) is 1. The first kappa shape index (κ1) is 16.4. The van der Waals surface area contributed by atoms with Crippen LogP contribution in [0, 0.1) is 12.8 Å². The monoisotopic (exact) mass is 311 g/mol. The summed E-state index contributed by atoms with van der Waals surface area (Å²) in [6.45, 7) is 4.97. The number of carbonyl (C=O) groups excluding carboxylic acids is 1. The van der Waals surface area contributed by atoms with Gasteiger partial charge >= 0.3 is 0 Å². The van der Waals surface area contributed by atoms with Crippen LogP contribution in [-0.2, 0) is 7.05 Å². The molecule has 0 radical (unpaired) electrons. The number of nitrogens with zero attached hydrogens (tertiary/aromatic N) is 2. The summed E-state index contributed by atoms with van der Waals surface area (Å²) in [4.78, 5) is 14.5. The predicted octanol–water partition coefficient (Wildman–Crippen LogP) is 2.36. The summed E-state index contributed by atoms with van der Waals surface area (Å²) in [6.07, 6.45) is 4.97. The van der Waals surface area contributed by atoms with Crippen molar-refractivity contribution in [3.63, 3.8) is 0 Å². The molecule has 0 bridgehead atoms. The topological polar surface area (TPSA) is 37.3 Å². The van der Waals surface area contributed by atoms with Crippen molar-refractivity contribution >= 4 is 18.3 Å². The maximum Gasteiger partial charge on any atom is 0.270 e. The summed E-state index contributed by atoms with van der Waals surface area (Å²) in [5.74, 6) is 1.11. The second-order valence-electron chi connectivity index (χ2n) is 6.34. The Hall–Kier alpha value is -1.00. The van der Waals surface area contributed by atoms with E-state index in [4.69, 9.17) is 0 Å². The number of likely N-dealkylation sites (tertiary alicyclic amines) is 1. The first-order valence-electron chi connectivity index (χ1n) is 7.80. The van der Waals surface area contributed by atoms with Gasteiger partial charge in [-0.3, -0.25) is 4.79 Å². The van der Waals surface area contributed by atoms with Crippen LogP contribution < -0.4 is 5.32 Å². The molecule has 3 rings (SSSR count). The van der Waals surface area contributed by atoms with Crippen LogP contribution in [0.5, 0.6) is 0 Å². The second-order valence-corrected chi connectivity index (χ2v) is 6.34. The molecule has 0 aromatic carbocycles. The zero-order valence-corrected chi connectivity index (χ0v) is 13.8. The summed E-state index contributed by atoms with van der Waals surface area (Å²) >= 11 is 0. The molecule has 1 aromatic heterocycles. The van der Waals surface area contributed by atoms with Crippen LogP contribution in [0.1, 0.15) is 41.9 Å². The van der Waals surface area contributed by atoms with Crippen molar-refractivity contribution in [1.82, 2.24) is 14.8 Å². The lowest BCUT2D eigenvalue weighted by Gasteiger charge is -2.32. The second kappa shape index (κ2) is 6.84. The number of hydrogen-bond donors (Lipinski definition) is 1. The van der Waals surface area contributed by atoms with Crippen molar-refractivity contribution in [2.24, 2.45) is 13.0 Å². The van der Waals surface area contributed by atoms with Crippen LogP contribution in [0.15, 0.2) is 12.1 Å². The third-order valence-corrected chi connectivity index (χ3v) is 4.77. The fourth-order valence-electron chi connectivity index (χ4n) is 2.93. The van der Waals surface area contributed by atoms with Crippen LogP contribution >= 0.6 is 12.4 Å². The molecule has 1 aromatic rings. The Kier molecular flexibility index (Phi) is 5.33. The molecule has 1 aliphatic heterocycles. The van der Waals surface area contributed by atoms with Gasteiger partial charge in [-0.1, -0.05) is 0 Å². The lowest BCUT2D eigenvalue weighted by molar-refractivity contribution is 0.0695. The summed E-state index contributed by atoms with van der Waals surface area (Å²) in [5.41, 5.74) is 1.95. The van der Waals surface area contributed by atoms with Gasteiger partial charge in [0.05, 0.1) is 0 Å². The minimum Gasteiger partial charge on any atom is -0.344 e. The molecular weight excluding hydrogens is 286 g/mol. The minimum atomic E-state index is 0. The van der Waals surface area contributed by atoms with E-state index in [9.17, 15) is 4.79 Å². The summed E-state index contributed by atoms with van der Waals surface area (Å²) < 4.78 is 1.99. The van der Waals surface area contributed by atoms with Crippen LogP contribution in [0.3, 0.4) is 0 Å².